The first kappa shape index (κ1) is 33.7. The summed E-state index contributed by atoms with van der Waals surface area (Å²) >= 11 is 0. The molecule has 1 fully saturated rings. The number of β-amino-alcohol motifs (C(OH)–C–C–N with tert-alkyl or cyclic N) is 1. The molecule has 0 aromatic heterocycles. The minimum atomic E-state index is -8.13. The zero-order valence-electron chi connectivity index (χ0n) is 18.0. The van der Waals surface area contributed by atoms with Gasteiger partial charge < -0.3 is 9.84 Å². The van der Waals surface area contributed by atoms with Crippen LogP contribution in [0.25, 0.3) is 0 Å². The third-order valence-electron chi connectivity index (χ3n) is 5.15. The van der Waals surface area contributed by atoms with Crippen LogP contribution in [-0.2, 0) is 4.74 Å². The normalized spacial score (nSPS) is 19.3. The average Bonchev–Trinajstić information content (AvgIpc) is 2.64. The van der Waals surface area contributed by atoms with Crippen LogP contribution in [0.15, 0.2) is 0 Å². The molecule has 0 saturated carbocycles. The molecule has 1 heterocycles. The lowest BCUT2D eigenvalue weighted by Crippen LogP contribution is -2.68. The maximum Gasteiger partial charge on any atom is 0.453 e. The molecule has 0 spiro atoms. The van der Waals surface area contributed by atoms with E-state index in [9.17, 15) is 79.7 Å². The number of ether oxygens (including phenoxy) is 1. The molecule has 0 aromatic carbocycles. The van der Waals surface area contributed by atoms with E-state index >= 15 is 0 Å². The van der Waals surface area contributed by atoms with Gasteiger partial charge in [0.25, 0.3) is 5.92 Å². The predicted octanol–water partition coefficient (Wildman–Crippen LogP) is 5.86. The van der Waals surface area contributed by atoms with Gasteiger partial charge in [0.15, 0.2) is 0 Å². The van der Waals surface area contributed by atoms with Crippen molar-refractivity contribution in [2.75, 3.05) is 32.8 Å². The summed E-state index contributed by atoms with van der Waals surface area (Å²) < 4.78 is 231. The minimum absolute atomic E-state index is 0.0414. The lowest BCUT2D eigenvalue weighted by atomic mass is 9.88. The van der Waals surface area contributed by atoms with Crippen molar-refractivity contribution in [2.24, 2.45) is 0 Å². The molecular weight excluding hydrogens is 573 g/mol. The van der Waals surface area contributed by atoms with E-state index in [4.69, 9.17) is 4.74 Å². The van der Waals surface area contributed by atoms with E-state index in [1.807, 2.05) is 0 Å². The highest BCUT2D eigenvalue weighted by Gasteiger charge is 2.87. The Balaban J connectivity index is 3.16. The quantitative estimate of drug-likeness (QED) is 0.289. The van der Waals surface area contributed by atoms with Gasteiger partial charge in [-0.05, 0) is 0 Å². The highest BCUT2D eigenvalue weighted by atomic mass is 19.4. The topological polar surface area (TPSA) is 32.7 Å². The number of halogens is 17. The van der Waals surface area contributed by atoms with Crippen molar-refractivity contribution in [3.8, 4) is 0 Å². The van der Waals surface area contributed by atoms with E-state index < -0.39 is 79.5 Å². The van der Waals surface area contributed by atoms with Gasteiger partial charge in [0.2, 0.25) is 0 Å². The maximum atomic E-state index is 13.9. The third-order valence-corrected chi connectivity index (χ3v) is 5.15. The number of morpholine rings is 1. The first-order valence-electron chi connectivity index (χ1n) is 9.83. The zero-order valence-corrected chi connectivity index (χ0v) is 18.0. The van der Waals surface area contributed by atoms with E-state index in [1.165, 1.54) is 4.90 Å². The first-order chi connectivity index (χ1) is 16.1. The average molecular weight is 591 g/mol. The van der Waals surface area contributed by atoms with Gasteiger partial charge >= 0.3 is 41.7 Å². The summed E-state index contributed by atoms with van der Waals surface area (Å²) in [5, 5.41) is 9.58. The smallest absolute Gasteiger partial charge is 0.392 e. The Hall–Kier alpha value is -1.31. The zero-order chi connectivity index (χ0) is 29.5. The van der Waals surface area contributed by atoms with Crippen molar-refractivity contribution in [1.29, 1.82) is 0 Å². The van der Waals surface area contributed by atoms with Gasteiger partial charge in [-0.25, -0.2) is 8.78 Å². The Morgan fingerprint density at radius 3 is 1.41 bits per heavy atom. The second-order valence-corrected chi connectivity index (χ2v) is 8.31. The lowest BCUT2D eigenvalue weighted by molar-refractivity contribution is -0.414. The van der Waals surface area contributed by atoms with Crippen molar-refractivity contribution < 1.29 is 84.5 Å². The number of nitrogens with zero attached hydrogens (tertiary/aromatic N) is 1. The van der Waals surface area contributed by atoms with Crippen LogP contribution in [0.4, 0.5) is 74.6 Å². The molecule has 0 bridgehead atoms. The second kappa shape index (κ2) is 10.3. The van der Waals surface area contributed by atoms with Gasteiger partial charge in [-0.3, -0.25) is 4.90 Å². The Morgan fingerprint density at radius 2 is 1.00 bits per heavy atom. The number of aliphatic hydroxyl groups excluding tert-OH is 1. The molecule has 1 N–H and O–H groups in total. The van der Waals surface area contributed by atoms with Crippen LogP contribution in [-0.4, -0.2) is 96.6 Å². The van der Waals surface area contributed by atoms with Crippen molar-refractivity contribution in [3.63, 3.8) is 0 Å². The molecule has 0 amide bonds. The summed E-state index contributed by atoms with van der Waals surface area (Å²) in [4.78, 5) is 1.24. The molecule has 20 heteroatoms. The Kier molecular flexibility index (Phi) is 9.43. The molecule has 1 unspecified atom stereocenters. The van der Waals surface area contributed by atoms with Crippen LogP contribution in [0.3, 0.4) is 0 Å². The van der Waals surface area contributed by atoms with Crippen LogP contribution in [0.5, 0.6) is 0 Å². The van der Waals surface area contributed by atoms with Gasteiger partial charge in [-0.2, -0.15) is 65.9 Å². The molecule has 1 aliphatic heterocycles. The van der Waals surface area contributed by atoms with Crippen LogP contribution in [0, 0.1) is 0 Å². The van der Waals surface area contributed by atoms with Gasteiger partial charge in [-0.1, -0.05) is 0 Å². The lowest BCUT2D eigenvalue weighted by Gasteiger charge is -2.41. The van der Waals surface area contributed by atoms with Crippen LogP contribution in [0.1, 0.15) is 19.3 Å². The third kappa shape index (κ3) is 7.02. The first-order valence-corrected chi connectivity index (χ1v) is 9.83. The molecule has 1 aliphatic rings. The monoisotopic (exact) mass is 591 g/mol. The van der Waals surface area contributed by atoms with Crippen LogP contribution >= 0.6 is 0 Å². The minimum Gasteiger partial charge on any atom is -0.392 e. The van der Waals surface area contributed by atoms with Crippen molar-refractivity contribution >= 4 is 0 Å². The van der Waals surface area contributed by atoms with Crippen LogP contribution in [0.2, 0.25) is 0 Å². The molecule has 3 nitrogen and oxygen atoms in total. The van der Waals surface area contributed by atoms with Crippen molar-refractivity contribution in [2.45, 2.75) is 73.0 Å². The fourth-order valence-corrected chi connectivity index (χ4v) is 3.15. The summed E-state index contributed by atoms with van der Waals surface area (Å²) in [5.74, 6) is -50.4. The number of aliphatic hydroxyl groups is 1. The number of hydrogen-bond donors (Lipinski definition) is 1. The van der Waals surface area contributed by atoms with E-state index in [1.54, 1.807) is 0 Å². The van der Waals surface area contributed by atoms with E-state index in [2.05, 4.69) is 0 Å². The van der Waals surface area contributed by atoms with Gasteiger partial charge in [0.05, 0.1) is 32.2 Å². The molecule has 1 atom stereocenters. The SMILES string of the molecule is OC(CN1CCOCC1)CC(F)(F)CC(F)(F)C(F)(F)C(F)(F)C(F)(F)C(F)(F)CC(F)(F)C(F)(F)F. The summed E-state index contributed by atoms with van der Waals surface area (Å²) in [6.07, 6.45) is -19.7. The highest BCUT2D eigenvalue weighted by molar-refractivity contribution is 5.10. The second-order valence-electron chi connectivity index (χ2n) is 8.31. The Morgan fingerprint density at radius 1 is 0.595 bits per heavy atom. The van der Waals surface area contributed by atoms with Gasteiger partial charge in [-0.15, -0.1) is 0 Å². The molecule has 0 aliphatic carbocycles. The summed E-state index contributed by atoms with van der Waals surface area (Å²) in [6.45, 7) is -0.499. The Labute approximate surface area is 196 Å². The summed E-state index contributed by atoms with van der Waals surface area (Å²) in [6, 6.07) is 0. The van der Waals surface area contributed by atoms with E-state index in [0.717, 1.165) is 0 Å². The van der Waals surface area contributed by atoms with E-state index in [0.29, 0.717) is 0 Å². The summed E-state index contributed by atoms with van der Waals surface area (Å²) in [7, 11) is 0. The van der Waals surface area contributed by atoms with Crippen LogP contribution < -0.4 is 0 Å². The number of hydrogen-bond acceptors (Lipinski definition) is 3. The highest BCUT2D eigenvalue weighted by Crippen LogP contribution is 2.60. The number of rotatable bonds is 12. The molecule has 0 aromatic rings. The van der Waals surface area contributed by atoms with Crippen molar-refractivity contribution in [3.05, 3.63) is 0 Å². The summed E-state index contributed by atoms with van der Waals surface area (Å²) in [5.41, 5.74) is 0. The fraction of sp³-hybridized carbons (Fsp3) is 1.00. The predicted molar refractivity (Wildman–Crippen MR) is 87.8 cm³/mol. The largest absolute Gasteiger partial charge is 0.453 e. The number of alkyl halides is 17. The molecule has 37 heavy (non-hydrogen) atoms. The maximum absolute atomic E-state index is 13.9. The molecule has 1 rings (SSSR count). The van der Waals surface area contributed by atoms with Gasteiger partial charge in [0, 0.05) is 26.1 Å². The standard InChI is InChI=1S/C17H18F17NO2/c18-10(19,5-9(36)6-35-1-3-37-4-2-35)7-11(20,21)14(26,27)16(30,31)15(28,29)12(22,23)8-13(24,25)17(32,33)34/h9,36H,1-8H2. The van der Waals surface area contributed by atoms with Crippen molar-refractivity contribution in [1.82, 2.24) is 4.90 Å². The Bertz CT molecular complexity index is 761. The molecular formula is C17H18F17NO2. The molecule has 1 saturated heterocycles. The fourth-order valence-electron chi connectivity index (χ4n) is 3.15. The van der Waals surface area contributed by atoms with Gasteiger partial charge in [0.1, 0.15) is 0 Å². The molecule has 222 valence electrons. The van der Waals surface area contributed by atoms with E-state index in [-0.39, 0.29) is 26.3 Å². The molecule has 0 radical (unpaired) electrons.